The van der Waals surface area contributed by atoms with E-state index in [0.717, 1.165) is 17.1 Å². The molecule has 6 nitrogen and oxygen atoms in total. The molecule has 3 aromatic carbocycles. The van der Waals surface area contributed by atoms with E-state index < -0.39 is 0 Å². The fraction of sp³-hybridized carbons (Fsp3) is 0.200. The predicted molar refractivity (Wildman–Crippen MR) is 121 cm³/mol. The van der Waals surface area contributed by atoms with Gasteiger partial charge in [0.05, 0.1) is 31.2 Å². The number of rotatable bonds is 8. The molecule has 0 bridgehead atoms. The summed E-state index contributed by atoms with van der Waals surface area (Å²) in [6.45, 7) is 3.20. The van der Waals surface area contributed by atoms with Crippen molar-refractivity contribution >= 4 is 10.9 Å². The van der Waals surface area contributed by atoms with Crippen molar-refractivity contribution in [2.45, 2.75) is 13.5 Å². The molecule has 1 heterocycles. The van der Waals surface area contributed by atoms with E-state index in [1.807, 2.05) is 73.7 Å². The minimum Gasteiger partial charge on any atom is -0.497 e. The topological polar surface area (TPSA) is 62.6 Å². The number of methoxy groups -OCH3 is 1. The van der Waals surface area contributed by atoms with Gasteiger partial charge in [0.25, 0.3) is 5.56 Å². The maximum Gasteiger partial charge on any atom is 0.261 e. The molecule has 31 heavy (non-hydrogen) atoms. The van der Waals surface area contributed by atoms with Gasteiger partial charge in [0.2, 0.25) is 0 Å². The Bertz CT molecular complexity index is 1230. The number of aromatic nitrogens is 2. The van der Waals surface area contributed by atoms with Crippen molar-refractivity contribution in [2.75, 3.05) is 20.3 Å². The van der Waals surface area contributed by atoms with E-state index >= 15 is 0 Å². The number of hydrogen-bond acceptors (Lipinski definition) is 5. The summed E-state index contributed by atoms with van der Waals surface area (Å²) in [5.74, 6) is 2.79. The molecular formula is C25H24N2O4. The van der Waals surface area contributed by atoms with Crippen molar-refractivity contribution in [1.82, 2.24) is 9.55 Å². The van der Waals surface area contributed by atoms with Crippen molar-refractivity contribution in [3.63, 3.8) is 0 Å². The fourth-order valence-corrected chi connectivity index (χ4v) is 3.41. The van der Waals surface area contributed by atoms with Gasteiger partial charge in [0.1, 0.15) is 29.7 Å². The first-order chi connectivity index (χ1) is 15.2. The predicted octanol–water partition coefficient (Wildman–Crippen LogP) is 4.55. The van der Waals surface area contributed by atoms with Crippen LogP contribution in [0.15, 0.2) is 77.6 Å². The number of ether oxygens (including phenoxy) is 3. The van der Waals surface area contributed by atoms with Crippen LogP contribution >= 0.6 is 0 Å². The lowest BCUT2D eigenvalue weighted by Gasteiger charge is -2.15. The van der Waals surface area contributed by atoms with Crippen LogP contribution in [0.4, 0.5) is 0 Å². The van der Waals surface area contributed by atoms with Crippen LogP contribution in [0.1, 0.15) is 6.92 Å². The monoisotopic (exact) mass is 416 g/mol. The van der Waals surface area contributed by atoms with Gasteiger partial charge >= 0.3 is 0 Å². The van der Waals surface area contributed by atoms with E-state index in [0.29, 0.717) is 42.2 Å². The summed E-state index contributed by atoms with van der Waals surface area (Å²) in [6, 6.07) is 22.4. The summed E-state index contributed by atoms with van der Waals surface area (Å²) in [5, 5.41) is 0.582. The van der Waals surface area contributed by atoms with E-state index in [4.69, 9.17) is 19.2 Å². The van der Waals surface area contributed by atoms with Gasteiger partial charge in [-0.15, -0.1) is 0 Å². The van der Waals surface area contributed by atoms with E-state index in [2.05, 4.69) is 0 Å². The van der Waals surface area contributed by atoms with Crippen molar-refractivity contribution < 1.29 is 14.2 Å². The Morgan fingerprint density at radius 1 is 0.871 bits per heavy atom. The highest BCUT2D eigenvalue weighted by Gasteiger charge is 2.13. The molecule has 6 heteroatoms. The average Bonchev–Trinajstić information content (AvgIpc) is 2.81. The minimum atomic E-state index is -0.0944. The molecule has 0 amide bonds. The van der Waals surface area contributed by atoms with Gasteiger partial charge in [0, 0.05) is 11.6 Å². The number of para-hydroxylation sites is 1. The fourth-order valence-electron chi connectivity index (χ4n) is 3.41. The number of nitrogens with zero attached hydrogens (tertiary/aromatic N) is 2. The van der Waals surface area contributed by atoms with Gasteiger partial charge in [0.15, 0.2) is 0 Å². The minimum absolute atomic E-state index is 0.0944. The second kappa shape index (κ2) is 9.34. The molecule has 0 aliphatic rings. The second-order valence-electron chi connectivity index (χ2n) is 6.89. The third-order valence-corrected chi connectivity index (χ3v) is 4.91. The molecule has 0 atom stereocenters. The van der Waals surface area contributed by atoms with E-state index in [-0.39, 0.29) is 5.56 Å². The highest BCUT2D eigenvalue weighted by molar-refractivity contribution is 5.79. The molecule has 0 fully saturated rings. The third-order valence-electron chi connectivity index (χ3n) is 4.91. The molecule has 0 radical (unpaired) electrons. The van der Waals surface area contributed by atoms with Crippen molar-refractivity contribution in [3.8, 4) is 28.6 Å². The maximum absolute atomic E-state index is 13.3. The smallest absolute Gasteiger partial charge is 0.261 e. The maximum atomic E-state index is 13.3. The molecule has 4 rings (SSSR count). The molecule has 0 unspecified atom stereocenters. The van der Waals surface area contributed by atoms with E-state index in [1.54, 1.807) is 17.7 Å². The Kier molecular flexibility index (Phi) is 6.17. The van der Waals surface area contributed by atoms with Crippen LogP contribution in [0.25, 0.3) is 22.3 Å². The molecular weight excluding hydrogens is 392 g/mol. The van der Waals surface area contributed by atoms with Gasteiger partial charge in [-0.05, 0) is 55.5 Å². The second-order valence-corrected chi connectivity index (χ2v) is 6.89. The van der Waals surface area contributed by atoms with Crippen LogP contribution < -0.4 is 19.8 Å². The molecule has 1 aromatic heterocycles. The first-order valence-corrected chi connectivity index (χ1v) is 10.2. The summed E-state index contributed by atoms with van der Waals surface area (Å²) >= 11 is 0. The Hall–Kier alpha value is -3.80. The molecule has 4 aromatic rings. The Balaban J connectivity index is 1.66. The van der Waals surface area contributed by atoms with Crippen LogP contribution in [0, 0.1) is 0 Å². The van der Waals surface area contributed by atoms with Crippen LogP contribution in [0.3, 0.4) is 0 Å². The van der Waals surface area contributed by atoms with Crippen LogP contribution in [-0.4, -0.2) is 29.9 Å². The zero-order valence-corrected chi connectivity index (χ0v) is 17.6. The molecule has 158 valence electrons. The summed E-state index contributed by atoms with van der Waals surface area (Å²) in [6.07, 6.45) is 0. The van der Waals surface area contributed by atoms with Crippen molar-refractivity contribution in [3.05, 3.63) is 83.2 Å². The SMILES string of the molecule is CCOc1cccc(OCCn2c(-c3ccc(OC)cc3)nc3ccccc3c2=O)c1. The van der Waals surface area contributed by atoms with Crippen molar-refractivity contribution in [2.24, 2.45) is 0 Å². The molecule has 0 spiro atoms. The largest absolute Gasteiger partial charge is 0.497 e. The molecule has 0 aliphatic heterocycles. The van der Waals surface area contributed by atoms with E-state index in [9.17, 15) is 4.79 Å². The lowest BCUT2D eigenvalue weighted by molar-refractivity contribution is 0.292. The Labute approximate surface area is 180 Å². The zero-order chi connectivity index (χ0) is 21.6. The third kappa shape index (κ3) is 4.53. The van der Waals surface area contributed by atoms with Crippen molar-refractivity contribution in [1.29, 1.82) is 0 Å². The lowest BCUT2D eigenvalue weighted by atomic mass is 10.1. The molecule has 0 saturated carbocycles. The Morgan fingerprint density at radius 2 is 1.61 bits per heavy atom. The normalized spacial score (nSPS) is 10.8. The van der Waals surface area contributed by atoms with Gasteiger partial charge < -0.3 is 14.2 Å². The standard InChI is InChI=1S/C25H24N2O4/c1-3-30-20-7-6-8-21(17-20)31-16-15-27-24(18-11-13-19(29-2)14-12-18)26-23-10-5-4-9-22(23)25(27)28/h4-14,17H,3,15-16H2,1-2H3. The number of hydrogen-bond donors (Lipinski definition) is 0. The highest BCUT2D eigenvalue weighted by atomic mass is 16.5. The van der Waals surface area contributed by atoms with Crippen LogP contribution in [0.2, 0.25) is 0 Å². The summed E-state index contributed by atoms with van der Waals surface area (Å²) < 4.78 is 18.3. The zero-order valence-electron chi connectivity index (χ0n) is 17.6. The highest BCUT2D eigenvalue weighted by Crippen LogP contribution is 2.23. The number of fused-ring (bicyclic) bond motifs is 1. The first kappa shape index (κ1) is 20.5. The van der Waals surface area contributed by atoms with Crippen LogP contribution in [0.5, 0.6) is 17.2 Å². The van der Waals surface area contributed by atoms with Gasteiger partial charge in [-0.2, -0.15) is 0 Å². The summed E-state index contributed by atoms with van der Waals surface area (Å²) in [4.78, 5) is 18.0. The van der Waals surface area contributed by atoms with Gasteiger partial charge in [-0.3, -0.25) is 9.36 Å². The average molecular weight is 416 g/mol. The van der Waals surface area contributed by atoms with E-state index in [1.165, 1.54) is 0 Å². The summed E-state index contributed by atoms with van der Waals surface area (Å²) in [7, 11) is 1.62. The molecule has 0 saturated heterocycles. The lowest BCUT2D eigenvalue weighted by Crippen LogP contribution is -2.26. The molecule has 0 N–H and O–H groups in total. The molecule has 0 aliphatic carbocycles. The number of benzene rings is 3. The summed E-state index contributed by atoms with van der Waals surface area (Å²) in [5.41, 5.74) is 1.41. The van der Waals surface area contributed by atoms with Gasteiger partial charge in [-0.25, -0.2) is 4.98 Å². The first-order valence-electron chi connectivity index (χ1n) is 10.2. The Morgan fingerprint density at radius 3 is 2.35 bits per heavy atom. The van der Waals surface area contributed by atoms with Crippen LogP contribution in [-0.2, 0) is 6.54 Å². The quantitative estimate of drug-likeness (QED) is 0.422. The van der Waals surface area contributed by atoms with Gasteiger partial charge in [-0.1, -0.05) is 18.2 Å².